The molecule has 0 saturated carbocycles. The number of hydrogen-bond acceptors (Lipinski definition) is 4. The van der Waals surface area contributed by atoms with Crippen molar-refractivity contribution in [1.82, 2.24) is 10.2 Å². The average molecular weight is 302 g/mol. The maximum absolute atomic E-state index is 12.1. The molecular formula is C14H26N2O5. The minimum Gasteiger partial charge on any atom is -0.481 e. The molecular weight excluding hydrogens is 276 g/mol. The third-order valence-electron chi connectivity index (χ3n) is 2.94. The zero-order chi connectivity index (χ0) is 16.4. The molecule has 0 aromatic heterocycles. The van der Waals surface area contributed by atoms with Crippen LogP contribution in [-0.2, 0) is 14.3 Å². The maximum Gasteiger partial charge on any atom is 0.325 e. The van der Waals surface area contributed by atoms with Crippen LogP contribution >= 0.6 is 0 Å². The van der Waals surface area contributed by atoms with Gasteiger partial charge in [-0.3, -0.25) is 9.59 Å². The van der Waals surface area contributed by atoms with Crippen molar-refractivity contribution in [3.05, 3.63) is 0 Å². The molecule has 0 aromatic carbocycles. The van der Waals surface area contributed by atoms with Crippen molar-refractivity contribution in [2.45, 2.75) is 46.6 Å². The first-order valence-corrected chi connectivity index (χ1v) is 7.19. The number of carboxylic acids is 1. The largest absolute Gasteiger partial charge is 0.481 e. The lowest BCUT2D eigenvalue weighted by molar-refractivity contribution is -0.144. The number of carboxylic acid groups (broad SMARTS) is 1. The van der Waals surface area contributed by atoms with Crippen LogP contribution in [0.25, 0.3) is 0 Å². The number of urea groups is 1. The number of amides is 2. The van der Waals surface area contributed by atoms with E-state index in [9.17, 15) is 14.4 Å². The highest BCUT2D eigenvalue weighted by Gasteiger charge is 2.21. The third-order valence-corrected chi connectivity index (χ3v) is 2.94. The Morgan fingerprint density at radius 1 is 1.24 bits per heavy atom. The number of nitrogens with zero attached hydrogens (tertiary/aromatic N) is 1. The normalized spacial score (nSPS) is 11.9. The van der Waals surface area contributed by atoms with Gasteiger partial charge in [0.1, 0.15) is 6.54 Å². The van der Waals surface area contributed by atoms with Gasteiger partial charge in [0.2, 0.25) is 0 Å². The lowest BCUT2D eigenvalue weighted by Crippen LogP contribution is -2.47. The summed E-state index contributed by atoms with van der Waals surface area (Å²) in [4.78, 5) is 35.4. The SMILES string of the molecule is CCOC(=O)CN(C(=O)NCC(C)CCC(=O)O)C(C)C. The maximum atomic E-state index is 12.1. The van der Waals surface area contributed by atoms with Gasteiger partial charge in [-0.1, -0.05) is 6.92 Å². The van der Waals surface area contributed by atoms with Crippen molar-refractivity contribution in [3.8, 4) is 0 Å². The zero-order valence-corrected chi connectivity index (χ0v) is 13.2. The van der Waals surface area contributed by atoms with E-state index in [2.05, 4.69) is 5.32 Å². The van der Waals surface area contributed by atoms with Crippen LogP contribution in [0, 0.1) is 5.92 Å². The van der Waals surface area contributed by atoms with Crippen LogP contribution in [0.4, 0.5) is 4.79 Å². The summed E-state index contributed by atoms with van der Waals surface area (Å²) in [6.45, 7) is 7.76. The summed E-state index contributed by atoms with van der Waals surface area (Å²) in [6, 6.07) is -0.482. The fraction of sp³-hybridized carbons (Fsp3) is 0.786. The van der Waals surface area contributed by atoms with E-state index in [0.717, 1.165) is 0 Å². The van der Waals surface area contributed by atoms with Crippen molar-refractivity contribution >= 4 is 18.0 Å². The lowest BCUT2D eigenvalue weighted by atomic mass is 10.1. The molecule has 7 heteroatoms. The van der Waals surface area contributed by atoms with Crippen molar-refractivity contribution in [1.29, 1.82) is 0 Å². The van der Waals surface area contributed by atoms with E-state index in [1.54, 1.807) is 6.92 Å². The summed E-state index contributed by atoms with van der Waals surface area (Å²) in [5.74, 6) is -1.23. The van der Waals surface area contributed by atoms with E-state index >= 15 is 0 Å². The third kappa shape index (κ3) is 8.88. The molecule has 0 radical (unpaired) electrons. The van der Waals surface area contributed by atoms with Gasteiger partial charge in [0.05, 0.1) is 6.61 Å². The molecule has 21 heavy (non-hydrogen) atoms. The van der Waals surface area contributed by atoms with Gasteiger partial charge in [0, 0.05) is 19.0 Å². The van der Waals surface area contributed by atoms with Gasteiger partial charge in [0.15, 0.2) is 0 Å². The van der Waals surface area contributed by atoms with E-state index in [0.29, 0.717) is 13.0 Å². The molecule has 0 rings (SSSR count). The molecule has 0 heterocycles. The molecule has 2 amide bonds. The second-order valence-electron chi connectivity index (χ2n) is 5.25. The average Bonchev–Trinajstić information content (AvgIpc) is 2.39. The van der Waals surface area contributed by atoms with Crippen LogP contribution in [0.15, 0.2) is 0 Å². The highest BCUT2D eigenvalue weighted by Crippen LogP contribution is 2.05. The summed E-state index contributed by atoms with van der Waals surface area (Å²) in [7, 11) is 0. The van der Waals surface area contributed by atoms with Gasteiger partial charge in [-0.2, -0.15) is 0 Å². The zero-order valence-electron chi connectivity index (χ0n) is 13.2. The molecule has 0 saturated heterocycles. The number of aliphatic carboxylic acids is 1. The van der Waals surface area contributed by atoms with E-state index in [-0.39, 0.29) is 37.6 Å². The number of carbonyl (C=O) groups excluding carboxylic acids is 2. The summed E-state index contributed by atoms with van der Waals surface area (Å²) >= 11 is 0. The predicted molar refractivity (Wildman–Crippen MR) is 77.9 cm³/mol. The van der Waals surface area contributed by atoms with E-state index in [1.807, 2.05) is 20.8 Å². The van der Waals surface area contributed by atoms with Gasteiger partial charge >= 0.3 is 18.0 Å². The summed E-state index contributed by atoms with van der Waals surface area (Å²) in [6.07, 6.45) is 0.572. The number of ether oxygens (including phenoxy) is 1. The second-order valence-corrected chi connectivity index (χ2v) is 5.25. The van der Waals surface area contributed by atoms with Gasteiger partial charge in [-0.25, -0.2) is 4.79 Å². The van der Waals surface area contributed by atoms with Crippen LogP contribution in [-0.4, -0.2) is 53.7 Å². The van der Waals surface area contributed by atoms with Crippen molar-refractivity contribution in [3.63, 3.8) is 0 Å². The van der Waals surface area contributed by atoms with Gasteiger partial charge in [-0.15, -0.1) is 0 Å². The van der Waals surface area contributed by atoms with E-state index < -0.39 is 11.9 Å². The first-order chi connectivity index (χ1) is 9.77. The van der Waals surface area contributed by atoms with Gasteiger partial charge < -0.3 is 20.1 Å². The summed E-state index contributed by atoms with van der Waals surface area (Å²) in [5, 5.41) is 11.3. The van der Waals surface area contributed by atoms with E-state index in [1.165, 1.54) is 4.90 Å². The first-order valence-electron chi connectivity index (χ1n) is 7.19. The number of rotatable bonds is 9. The molecule has 0 spiro atoms. The van der Waals surface area contributed by atoms with Crippen LogP contribution in [0.3, 0.4) is 0 Å². The summed E-state index contributed by atoms with van der Waals surface area (Å²) in [5.41, 5.74) is 0. The standard InChI is InChI=1S/C14H26N2O5/c1-5-21-13(19)9-16(10(2)3)14(20)15-8-11(4)6-7-12(17)18/h10-11H,5-9H2,1-4H3,(H,15,20)(H,17,18). The Balaban J connectivity index is 4.29. The fourth-order valence-electron chi connectivity index (χ4n) is 1.67. The molecule has 122 valence electrons. The van der Waals surface area contributed by atoms with Crippen molar-refractivity contribution < 1.29 is 24.2 Å². The monoisotopic (exact) mass is 302 g/mol. The highest BCUT2D eigenvalue weighted by molar-refractivity contribution is 5.81. The van der Waals surface area contributed by atoms with Crippen LogP contribution in [0.2, 0.25) is 0 Å². The Morgan fingerprint density at radius 3 is 2.33 bits per heavy atom. The van der Waals surface area contributed by atoms with Crippen molar-refractivity contribution in [2.24, 2.45) is 5.92 Å². The number of esters is 1. The molecule has 2 N–H and O–H groups in total. The van der Waals surface area contributed by atoms with Gasteiger partial charge in [-0.05, 0) is 33.1 Å². The predicted octanol–water partition coefficient (Wildman–Crippen LogP) is 1.47. The molecule has 0 bridgehead atoms. The second kappa shape index (κ2) is 10.0. The Morgan fingerprint density at radius 2 is 1.86 bits per heavy atom. The van der Waals surface area contributed by atoms with Crippen LogP contribution in [0.5, 0.6) is 0 Å². The molecule has 0 aliphatic rings. The van der Waals surface area contributed by atoms with E-state index in [4.69, 9.17) is 9.84 Å². The van der Waals surface area contributed by atoms with Crippen molar-refractivity contribution in [2.75, 3.05) is 19.7 Å². The summed E-state index contributed by atoms with van der Waals surface area (Å²) < 4.78 is 4.84. The van der Waals surface area contributed by atoms with Crippen LogP contribution < -0.4 is 5.32 Å². The van der Waals surface area contributed by atoms with Crippen LogP contribution in [0.1, 0.15) is 40.5 Å². The Hall–Kier alpha value is -1.79. The lowest BCUT2D eigenvalue weighted by Gasteiger charge is -2.26. The Labute approximate surface area is 125 Å². The quantitative estimate of drug-likeness (QED) is 0.629. The molecule has 1 unspecified atom stereocenters. The minimum absolute atomic E-state index is 0.0571. The molecule has 0 fully saturated rings. The number of carbonyl (C=O) groups is 3. The molecule has 0 aliphatic heterocycles. The Kier molecular flexibility index (Phi) is 9.16. The first kappa shape index (κ1) is 19.2. The fourth-order valence-corrected chi connectivity index (χ4v) is 1.67. The molecule has 0 aromatic rings. The molecule has 0 aliphatic carbocycles. The van der Waals surface area contributed by atoms with Gasteiger partial charge in [0.25, 0.3) is 0 Å². The molecule has 7 nitrogen and oxygen atoms in total. The number of hydrogen-bond donors (Lipinski definition) is 2. The smallest absolute Gasteiger partial charge is 0.325 e. The highest BCUT2D eigenvalue weighted by atomic mass is 16.5. The number of nitrogens with one attached hydrogen (secondary N) is 1. The topological polar surface area (TPSA) is 95.9 Å². The molecule has 1 atom stereocenters. The Bertz CT molecular complexity index is 357. The minimum atomic E-state index is -0.848.